The maximum Gasteiger partial charge on any atom is 0.348 e. The molecule has 0 aliphatic carbocycles. The molecule has 1 saturated heterocycles. The molecule has 1 aliphatic heterocycles. The van der Waals surface area contributed by atoms with E-state index in [1.54, 1.807) is 90.3 Å². The van der Waals surface area contributed by atoms with Crippen LogP contribution in [0.1, 0.15) is 131 Å². The molecule has 1 fully saturated rings. The van der Waals surface area contributed by atoms with Gasteiger partial charge >= 0.3 is 17.9 Å². The third kappa shape index (κ3) is 22.9. The molecule has 0 atom stereocenters. The van der Waals surface area contributed by atoms with E-state index in [-0.39, 0.29) is 56.7 Å². The average molecular weight is 1020 g/mol. The number of nitrogens with zero attached hydrogens (tertiary/aromatic N) is 2. The quantitative estimate of drug-likeness (QED) is 0.0186. The van der Waals surface area contributed by atoms with Crippen LogP contribution in [-0.2, 0) is 45.2 Å². The van der Waals surface area contributed by atoms with Gasteiger partial charge in [-0.1, -0.05) is 81.3 Å². The van der Waals surface area contributed by atoms with E-state index in [1.165, 1.54) is 6.08 Å². The minimum Gasteiger partial charge on any atom is -0.497 e. The van der Waals surface area contributed by atoms with Crippen LogP contribution >= 0.6 is 0 Å². The lowest BCUT2D eigenvalue weighted by atomic mass is 9.86. The summed E-state index contributed by atoms with van der Waals surface area (Å²) >= 11 is 0. The van der Waals surface area contributed by atoms with Crippen molar-refractivity contribution in [1.82, 2.24) is 9.80 Å². The number of allylic oxidation sites excluding steroid dienone is 4. The van der Waals surface area contributed by atoms with E-state index >= 15 is 0 Å². The third-order valence-electron chi connectivity index (χ3n) is 10.7. The maximum absolute atomic E-state index is 12.4. The summed E-state index contributed by atoms with van der Waals surface area (Å²) < 4.78 is 25.9. The predicted molar refractivity (Wildman–Crippen MR) is 306 cm³/mol. The first kappa shape index (κ1) is 61.9. The van der Waals surface area contributed by atoms with Gasteiger partial charge in [0.25, 0.3) is 0 Å². The van der Waals surface area contributed by atoms with Crippen molar-refractivity contribution in [1.29, 1.82) is 0 Å². The number of ether oxygens (including phenoxy) is 5. The summed E-state index contributed by atoms with van der Waals surface area (Å²) in [6, 6.07) is 24.0. The Morgan fingerprint density at radius 1 is 0.757 bits per heavy atom. The van der Waals surface area contributed by atoms with Gasteiger partial charge in [-0.2, -0.15) is 0 Å². The highest BCUT2D eigenvalue weighted by atomic mass is 16.6. The third-order valence-corrected chi connectivity index (χ3v) is 10.7. The van der Waals surface area contributed by atoms with Crippen LogP contribution in [0, 0.1) is 47.5 Å². The van der Waals surface area contributed by atoms with Crippen molar-refractivity contribution < 1.29 is 57.6 Å². The SMILES string of the molecule is CC#CC#CC#CC#COC(=O)/C(=C/C=C/N(CC)CC)Cc1ccccc1.CC(C)OC(=O)C(=C/C=C1\OCC(C)(C)N1C)C(=O)OC(C)C.COc1ccc(C(=O)CC(=O)c2ccc(C(C)(C)C)cc2)cc1.[HH].[HH].[HH].[HH].[HH].[HH].[HH]. The summed E-state index contributed by atoms with van der Waals surface area (Å²) in [6.07, 6.45) is 10.5. The van der Waals surface area contributed by atoms with Crippen molar-refractivity contribution >= 4 is 29.5 Å². The number of benzene rings is 3. The van der Waals surface area contributed by atoms with Crippen LogP contribution in [0.5, 0.6) is 5.75 Å². The molecule has 0 amide bonds. The molecule has 0 N–H and O–H groups in total. The summed E-state index contributed by atoms with van der Waals surface area (Å²) in [5.41, 5.74) is 3.52. The minimum atomic E-state index is -0.706. The number of hydrogen-bond donors (Lipinski definition) is 0. The fourth-order valence-corrected chi connectivity index (χ4v) is 6.20. The van der Waals surface area contributed by atoms with Gasteiger partial charge in [0.1, 0.15) is 24.0 Å². The highest BCUT2D eigenvalue weighted by Gasteiger charge is 2.34. The Morgan fingerprint density at radius 2 is 1.28 bits per heavy atom. The molecule has 12 nitrogen and oxygen atoms in total. The molecular weight excluding hydrogens is 933 g/mol. The first-order chi connectivity index (χ1) is 35.1. The Hall–Kier alpha value is -8.19. The van der Waals surface area contributed by atoms with Gasteiger partial charge in [-0.3, -0.25) is 9.59 Å². The van der Waals surface area contributed by atoms with Crippen molar-refractivity contribution in [3.05, 3.63) is 149 Å². The zero-order chi connectivity index (χ0) is 55.3. The van der Waals surface area contributed by atoms with Crippen LogP contribution in [0.2, 0.25) is 0 Å². The molecule has 3 aromatic carbocycles. The molecule has 74 heavy (non-hydrogen) atoms. The molecule has 0 aromatic heterocycles. The number of carbonyl (C=O) groups excluding carboxylic acids is 5. The molecule has 0 spiro atoms. The van der Waals surface area contributed by atoms with Crippen LogP contribution in [-0.4, -0.2) is 90.9 Å². The van der Waals surface area contributed by atoms with Gasteiger partial charge in [-0.15, -0.1) is 0 Å². The highest BCUT2D eigenvalue weighted by molar-refractivity contribution is 6.14. The lowest BCUT2D eigenvalue weighted by molar-refractivity contribution is -0.151. The first-order valence-corrected chi connectivity index (χ1v) is 24.4. The largest absolute Gasteiger partial charge is 0.497 e. The van der Waals surface area contributed by atoms with E-state index < -0.39 is 17.9 Å². The molecule has 404 valence electrons. The van der Waals surface area contributed by atoms with Gasteiger partial charge in [0.05, 0.1) is 31.3 Å². The first-order valence-electron chi connectivity index (χ1n) is 24.4. The molecule has 0 radical (unpaired) electrons. The molecule has 12 heteroatoms. The van der Waals surface area contributed by atoms with E-state index in [4.69, 9.17) is 23.7 Å². The smallest absolute Gasteiger partial charge is 0.348 e. The monoisotopic (exact) mass is 1020 g/mol. The van der Waals surface area contributed by atoms with E-state index in [1.807, 2.05) is 80.5 Å². The zero-order valence-electron chi connectivity index (χ0n) is 45.6. The summed E-state index contributed by atoms with van der Waals surface area (Å²) in [5, 5.41) is 0. The topological polar surface area (TPSA) is 138 Å². The number of Topliss-reactive ketones (excluding diaryl/α,β-unsaturated/α-hetero) is 2. The Bertz CT molecular complexity index is 2750. The molecule has 4 rings (SSSR count). The molecule has 0 unspecified atom stereocenters. The summed E-state index contributed by atoms with van der Waals surface area (Å²) in [4.78, 5) is 65.2. The van der Waals surface area contributed by atoms with Crippen molar-refractivity contribution in [3.8, 4) is 53.3 Å². The number of likely N-dealkylation sites (N-methyl/N-ethyl adjacent to an activating group) is 1. The number of esters is 3. The average Bonchev–Trinajstić information content (AvgIpc) is 3.62. The predicted octanol–water partition coefficient (Wildman–Crippen LogP) is 12.1. The van der Waals surface area contributed by atoms with Gasteiger partial charge in [-0.05, 0) is 151 Å². The van der Waals surface area contributed by atoms with E-state index in [2.05, 4.69) is 87.1 Å². The van der Waals surface area contributed by atoms with Crippen LogP contribution in [0.4, 0.5) is 0 Å². The Labute approximate surface area is 450 Å². The normalized spacial score (nSPS) is 12.7. The Morgan fingerprint density at radius 3 is 1.76 bits per heavy atom. The summed E-state index contributed by atoms with van der Waals surface area (Å²) in [5.74, 6) is 16.7. The molecule has 3 aromatic rings. The summed E-state index contributed by atoms with van der Waals surface area (Å²) in [7, 11) is 3.47. The van der Waals surface area contributed by atoms with Crippen molar-refractivity contribution in [2.45, 2.75) is 119 Å². The number of carbonyl (C=O) groups is 5. The second-order valence-corrected chi connectivity index (χ2v) is 18.6. The lowest BCUT2D eigenvalue weighted by Crippen LogP contribution is -2.36. The standard InChI is InChI=1S/C25H23NO2.C20H22O3.C17H27NO5.7H2/c1-4-7-8-9-10-11-15-21-28-25(27)24(19-16-20-26(5-2)6-3)22-23-17-13-12-14-18-23;1-20(2,3)16-9-5-14(6-10-16)18(21)13-19(22)15-7-11-17(23-4)12-8-15;1-11(2)22-15(19)13(16(20)23-12(3)4)8-9-14-18(7)17(5,6)10-21-14;;;;;;;/h12-14,16-20H,5-6,22H2,1-3H3;5-12H,13H2,1-4H3;8-9,11-12H,10H2,1-7H3;7*1H/b20-16+,24-19+;;14-9-;;;;;;;. The van der Waals surface area contributed by atoms with Gasteiger partial charge in [-0.25, -0.2) is 14.4 Å². The second kappa shape index (κ2) is 32.0. The van der Waals surface area contributed by atoms with E-state index in [0.717, 1.165) is 24.2 Å². The fourth-order valence-electron chi connectivity index (χ4n) is 6.20. The fraction of sp³-hybridized carbons (Fsp3) is 0.371. The van der Waals surface area contributed by atoms with Crippen LogP contribution in [0.3, 0.4) is 0 Å². The molecule has 0 saturated carbocycles. The number of ketones is 2. The zero-order valence-corrected chi connectivity index (χ0v) is 45.6. The molecule has 0 bridgehead atoms. The van der Waals surface area contributed by atoms with Gasteiger partial charge < -0.3 is 33.5 Å². The van der Waals surface area contributed by atoms with E-state index in [9.17, 15) is 24.0 Å². The Balaban J connectivity index is -0.000000251. The van der Waals surface area contributed by atoms with Crippen molar-refractivity contribution in [2.75, 3.05) is 33.9 Å². The van der Waals surface area contributed by atoms with Crippen molar-refractivity contribution in [3.63, 3.8) is 0 Å². The second-order valence-electron chi connectivity index (χ2n) is 18.6. The minimum absolute atomic E-state index is 0. The van der Waals surface area contributed by atoms with Crippen molar-refractivity contribution in [2.24, 2.45) is 0 Å². The highest BCUT2D eigenvalue weighted by Crippen LogP contribution is 2.28. The van der Waals surface area contributed by atoms with Gasteiger partial charge in [0.2, 0.25) is 0 Å². The molecule has 1 heterocycles. The number of methoxy groups -OCH3 is 1. The van der Waals surface area contributed by atoms with Crippen LogP contribution < -0.4 is 4.74 Å². The van der Waals surface area contributed by atoms with Gasteiger partial charge in [0, 0.05) is 71.0 Å². The number of rotatable bonds is 17. The van der Waals surface area contributed by atoms with Gasteiger partial charge in [0.15, 0.2) is 17.4 Å². The Kier molecular flexibility index (Phi) is 26.8. The summed E-state index contributed by atoms with van der Waals surface area (Å²) in [6.45, 7) is 25.5. The lowest BCUT2D eigenvalue weighted by Gasteiger charge is -2.25. The maximum atomic E-state index is 12.4. The van der Waals surface area contributed by atoms with E-state index in [0.29, 0.717) is 41.4 Å². The molecule has 1 aliphatic rings. The van der Waals surface area contributed by atoms with Crippen LogP contribution in [0.15, 0.2) is 126 Å². The number of hydrogen-bond acceptors (Lipinski definition) is 12. The molecular formula is C62H86N2O10. The van der Waals surface area contributed by atoms with Crippen LogP contribution in [0.25, 0.3) is 0 Å².